The topological polar surface area (TPSA) is 66.8 Å². The van der Waals surface area contributed by atoms with E-state index in [0.29, 0.717) is 11.3 Å². The van der Waals surface area contributed by atoms with Crippen LogP contribution in [0.3, 0.4) is 0 Å². The molecule has 0 aliphatic carbocycles. The molecule has 1 N–H and O–H groups in total. The van der Waals surface area contributed by atoms with Crippen molar-refractivity contribution in [3.8, 4) is 5.75 Å². The van der Waals surface area contributed by atoms with Crippen molar-refractivity contribution in [3.63, 3.8) is 0 Å². The second-order valence-corrected chi connectivity index (χ2v) is 9.48. The second-order valence-electron chi connectivity index (χ2n) is 8.54. The number of carbonyl (C=O) groups is 2. The van der Waals surface area contributed by atoms with Crippen molar-refractivity contribution in [1.29, 1.82) is 0 Å². The molecule has 5 nitrogen and oxygen atoms in total. The van der Waals surface area contributed by atoms with Crippen molar-refractivity contribution in [2.45, 2.75) is 39.7 Å². The lowest BCUT2D eigenvalue weighted by molar-refractivity contribution is -0.132. The van der Waals surface area contributed by atoms with Gasteiger partial charge in [-0.3, -0.25) is 14.5 Å². The second kappa shape index (κ2) is 8.87. The van der Waals surface area contributed by atoms with Crippen LogP contribution in [0, 0.1) is 13.8 Å². The maximum absolute atomic E-state index is 13.3. The summed E-state index contributed by atoms with van der Waals surface area (Å²) in [6, 6.07) is 14.1. The monoisotopic (exact) mass is 461 g/mol. The van der Waals surface area contributed by atoms with Gasteiger partial charge in [-0.25, -0.2) is 0 Å². The molecule has 6 heteroatoms. The molecule has 1 atom stereocenters. The summed E-state index contributed by atoms with van der Waals surface area (Å²) in [5.41, 5.74) is 3.91. The fraction of sp³-hybridized carbons (Fsp3) is 0.259. The van der Waals surface area contributed by atoms with Crippen LogP contribution in [0.1, 0.15) is 52.9 Å². The highest BCUT2D eigenvalue weighted by Crippen LogP contribution is 2.45. The van der Waals surface area contributed by atoms with Crippen LogP contribution < -0.4 is 9.64 Å². The molecular formula is C27H27NO4S. The van der Waals surface area contributed by atoms with E-state index in [-0.39, 0.29) is 17.3 Å². The van der Waals surface area contributed by atoms with Gasteiger partial charge in [0, 0.05) is 16.1 Å². The summed E-state index contributed by atoms with van der Waals surface area (Å²) in [5, 5.41) is 13.5. The van der Waals surface area contributed by atoms with Crippen LogP contribution in [0.25, 0.3) is 5.76 Å². The van der Waals surface area contributed by atoms with E-state index in [4.69, 9.17) is 4.74 Å². The molecule has 1 amide bonds. The van der Waals surface area contributed by atoms with Gasteiger partial charge in [-0.15, -0.1) is 11.3 Å². The van der Waals surface area contributed by atoms with Crippen molar-refractivity contribution < 1.29 is 19.4 Å². The van der Waals surface area contributed by atoms with Crippen LogP contribution in [-0.2, 0) is 9.59 Å². The number of carbonyl (C=O) groups excluding carboxylic acids is 2. The third-order valence-corrected chi connectivity index (χ3v) is 7.15. The van der Waals surface area contributed by atoms with Crippen molar-refractivity contribution in [3.05, 3.63) is 86.6 Å². The smallest absolute Gasteiger partial charge is 0.300 e. The summed E-state index contributed by atoms with van der Waals surface area (Å²) in [6.07, 6.45) is 0. The van der Waals surface area contributed by atoms with Gasteiger partial charge >= 0.3 is 0 Å². The molecule has 0 bridgehead atoms. The number of nitrogens with zero attached hydrogens (tertiary/aromatic N) is 1. The van der Waals surface area contributed by atoms with E-state index in [1.54, 1.807) is 19.2 Å². The molecule has 1 aliphatic heterocycles. The summed E-state index contributed by atoms with van der Waals surface area (Å²) >= 11 is 1.47. The summed E-state index contributed by atoms with van der Waals surface area (Å²) in [6.45, 7) is 7.90. The van der Waals surface area contributed by atoms with E-state index >= 15 is 0 Å². The first-order chi connectivity index (χ1) is 15.8. The number of rotatable bonds is 5. The standard InChI is InChI=1S/C27H27NO4S/c1-15(2)19-14-20(17(4)13-21(19)32-5)24(29)22-23(26-16(3)11-12-33-26)28(27(31)25(22)30)18-9-7-6-8-10-18/h6-15,23,29H,1-5H3/b24-22+. The molecule has 1 aliphatic rings. The highest BCUT2D eigenvalue weighted by atomic mass is 32.1. The Bertz CT molecular complexity index is 1260. The van der Waals surface area contributed by atoms with Crippen LogP contribution in [0.15, 0.2) is 59.5 Å². The van der Waals surface area contributed by atoms with E-state index < -0.39 is 17.7 Å². The minimum Gasteiger partial charge on any atom is -0.507 e. The first kappa shape index (κ1) is 22.8. The van der Waals surface area contributed by atoms with Gasteiger partial charge in [-0.1, -0.05) is 32.0 Å². The van der Waals surface area contributed by atoms with Gasteiger partial charge in [0.2, 0.25) is 0 Å². The minimum absolute atomic E-state index is 0.109. The Labute approximate surface area is 197 Å². The van der Waals surface area contributed by atoms with Gasteiger partial charge in [0.15, 0.2) is 0 Å². The molecule has 170 valence electrons. The fourth-order valence-electron chi connectivity index (χ4n) is 4.33. The zero-order chi connectivity index (χ0) is 23.9. The number of amides is 1. The molecule has 2 heterocycles. The zero-order valence-corrected chi connectivity index (χ0v) is 20.2. The maximum atomic E-state index is 13.3. The number of aryl methyl sites for hydroxylation is 2. The number of Topliss-reactive ketones (excluding diaryl/α,β-unsaturated/α-hetero) is 1. The number of thiophene rings is 1. The van der Waals surface area contributed by atoms with Crippen LogP contribution >= 0.6 is 11.3 Å². The number of para-hydroxylation sites is 1. The number of methoxy groups -OCH3 is 1. The Hall–Kier alpha value is -3.38. The number of anilines is 1. The number of aliphatic hydroxyl groups is 1. The Morgan fingerprint density at radius 3 is 2.33 bits per heavy atom. The van der Waals surface area contributed by atoms with Gasteiger partial charge in [-0.05, 0) is 72.2 Å². The molecular weight excluding hydrogens is 434 g/mol. The number of ether oxygens (including phenoxy) is 1. The molecule has 1 fully saturated rings. The molecule has 3 aromatic rings. The number of benzene rings is 2. The average Bonchev–Trinajstić information content (AvgIpc) is 3.33. The number of hydrogen-bond acceptors (Lipinski definition) is 5. The summed E-state index contributed by atoms with van der Waals surface area (Å²) in [4.78, 5) is 28.9. The summed E-state index contributed by atoms with van der Waals surface area (Å²) in [7, 11) is 1.62. The lowest BCUT2D eigenvalue weighted by atomic mass is 9.92. The number of ketones is 1. The molecule has 1 aromatic heterocycles. The maximum Gasteiger partial charge on any atom is 0.300 e. The van der Waals surface area contributed by atoms with Crippen molar-refractivity contribution in [1.82, 2.24) is 0 Å². The number of aliphatic hydroxyl groups excluding tert-OH is 1. The Kier molecular flexibility index (Phi) is 6.13. The normalized spacial score (nSPS) is 17.8. The average molecular weight is 462 g/mol. The van der Waals surface area contributed by atoms with E-state index in [1.165, 1.54) is 16.2 Å². The van der Waals surface area contributed by atoms with Crippen molar-refractivity contribution in [2.75, 3.05) is 12.0 Å². The highest BCUT2D eigenvalue weighted by Gasteiger charge is 2.48. The third kappa shape index (κ3) is 3.85. The molecule has 4 rings (SSSR count). The van der Waals surface area contributed by atoms with Crippen LogP contribution in [0.5, 0.6) is 5.75 Å². The van der Waals surface area contributed by atoms with E-state index in [9.17, 15) is 14.7 Å². The van der Waals surface area contributed by atoms with E-state index in [2.05, 4.69) is 0 Å². The molecule has 1 unspecified atom stereocenters. The minimum atomic E-state index is -0.698. The van der Waals surface area contributed by atoms with Gasteiger partial charge in [0.25, 0.3) is 11.7 Å². The number of hydrogen-bond donors (Lipinski definition) is 1. The Morgan fingerprint density at radius 1 is 1.06 bits per heavy atom. The predicted octanol–water partition coefficient (Wildman–Crippen LogP) is 6.12. The lowest BCUT2D eigenvalue weighted by Crippen LogP contribution is -2.29. The SMILES string of the molecule is COc1cc(C)c(/C(O)=C2\C(=O)C(=O)N(c3ccccc3)C2c2sccc2C)cc1C(C)C. The van der Waals surface area contributed by atoms with Crippen LogP contribution in [0.2, 0.25) is 0 Å². The van der Waals surface area contributed by atoms with Crippen LogP contribution in [-0.4, -0.2) is 23.9 Å². The van der Waals surface area contributed by atoms with Gasteiger partial charge < -0.3 is 9.84 Å². The molecule has 2 aromatic carbocycles. The van der Waals surface area contributed by atoms with Crippen LogP contribution in [0.4, 0.5) is 5.69 Å². The first-order valence-electron chi connectivity index (χ1n) is 10.8. The molecule has 0 radical (unpaired) electrons. The van der Waals surface area contributed by atoms with Crippen molar-refractivity contribution >= 4 is 34.5 Å². The lowest BCUT2D eigenvalue weighted by Gasteiger charge is -2.25. The highest BCUT2D eigenvalue weighted by molar-refractivity contribution is 7.10. The van der Waals surface area contributed by atoms with E-state index in [0.717, 1.165) is 27.3 Å². The predicted molar refractivity (Wildman–Crippen MR) is 132 cm³/mol. The first-order valence-corrected chi connectivity index (χ1v) is 11.7. The molecule has 0 spiro atoms. The van der Waals surface area contributed by atoms with Gasteiger partial charge in [0.1, 0.15) is 17.6 Å². The zero-order valence-electron chi connectivity index (χ0n) is 19.4. The molecule has 33 heavy (non-hydrogen) atoms. The van der Waals surface area contributed by atoms with Gasteiger partial charge in [0.05, 0.1) is 12.7 Å². The Morgan fingerprint density at radius 2 is 1.76 bits per heavy atom. The van der Waals surface area contributed by atoms with E-state index in [1.807, 2.05) is 69.5 Å². The fourth-order valence-corrected chi connectivity index (χ4v) is 5.35. The summed E-state index contributed by atoms with van der Waals surface area (Å²) < 4.78 is 5.53. The van der Waals surface area contributed by atoms with Gasteiger partial charge in [-0.2, -0.15) is 0 Å². The quantitative estimate of drug-likeness (QED) is 0.282. The van der Waals surface area contributed by atoms with Crippen molar-refractivity contribution in [2.24, 2.45) is 0 Å². The Balaban J connectivity index is 1.98. The molecule has 0 saturated carbocycles. The largest absolute Gasteiger partial charge is 0.507 e. The third-order valence-electron chi connectivity index (χ3n) is 6.08. The molecule has 1 saturated heterocycles. The summed E-state index contributed by atoms with van der Waals surface area (Å²) in [5.74, 6) is -0.610.